The summed E-state index contributed by atoms with van der Waals surface area (Å²) in [5.41, 5.74) is 8.17. The van der Waals surface area contributed by atoms with Crippen LogP contribution in [0.1, 0.15) is 26.7 Å². The van der Waals surface area contributed by atoms with Crippen LogP contribution in [0, 0.1) is 20.8 Å². The average molecular weight is 360 g/mol. The fourth-order valence-corrected chi connectivity index (χ4v) is 3.53. The highest BCUT2D eigenvalue weighted by molar-refractivity contribution is 7.21. The van der Waals surface area contributed by atoms with E-state index in [4.69, 9.17) is 15.0 Å². The summed E-state index contributed by atoms with van der Waals surface area (Å²) in [6, 6.07) is 3.45. The van der Waals surface area contributed by atoms with E-state index in [2.05, 4.69) is 15.5 Å². The van der Waals surface area contributed by atoms with Crippen LogP contribution in [0.3, 0.4) is 0 Å². The van der Waals surface area contributed by atoms with Gasteiger partial charge in [0.05, 0.1) is 5.69 Å². The number of aromatic nitrogens is 2. The minimum atomic E-state index is -0.663. The van der Waals surface area contributed by atoms with E-state index in [0.29, 0.717) is 16.3 Å². The number of thiophene rings is 1. The molecule has 9 heteroatoms. The fourth-order valence-electron chi connectivity index (χ4n) is 2.42. The van der Waals surface area contributed by atoms with Crippen LogP contribution in [0.2, 0.25) is 0 Å². The summed E-state index contributed by atoms with van der Waals surface area (Å²) >= 11 is 1.15. The lowest BCUT2D eigenvalue weighted by atomic mass is 10.1. The molecule has 0 bridgehead atoms. The van der Waals surface area contributed by atoms with Gasteiger partial charge in [-0.2, -0.15) is 0 Å². The molecule has 0 spiro atoms. The van der Waals surface area contributed by atoms with Gasteiger partial charge in [-0.1, -0.05) is 5.16 Å². The number of nitrogens with zero attached hydrogens (tertiary/aromatic N) is 2. The maximum Gasteiger partial charge on any atom is 0.351 e. The van der Waals surface area contributed by atoms with E-state index in [-0.39, 0.29) is 10.7 Å². The van der Waals surface area contributed by atoms with Gasteiger partial charge in [-0.15, -0.1) is 11.3 Å². The lowest BCUT2D eigenvalue weighted by Gasteiger charge is -2.04. The first-order valence-corrected chi connectivity index (χ1v) is 8.23. The van der Waals surface area contributed by atoms with Crippen LogP contribution in [0.5, 0.6) is 0 Å². The van der Waals surface area contributed by atoms with Crippen molar-refractivity contribution in [1.29, 1.82) is 0 Å². The molecular weight excluding hydrogens is 344 g/mol. The van der Waals surface area contributed by atoms with Crippen molar-refractivity contribution in [2.45, 2.75) is 20.8 Å². The summed E-state index contributed by atoms with van der Waals surface area (Å²) in [6.07, 6.45) is 0. The van der Waals surface area contributed by atoms with E-state index in [1.54, 1.807) is 13.0 Å². The van der Waals surface area contributed by atoms with Crippen LogP contribution < -0.4 is 11.1 Å². The van der Waals surface area contributed by atoms with Gasteiger partial charge in [0.2, 0.25) is 0 Å². The molecule has 0 aliphatic carbocycles. The van der Waals surface area contributed by atoms with Gasteiger partial charge in [-0.25, -0.2) is 9.78 Å². The Morgan fingerprint density at radius 3 is 2.76 bits per heavy atom. The number of nitrogen functional groups attached to an aromatic ring is 1. The topological polar surface area (TPSA) is 120 Å². The highest BCUT2D eigenvalue weighted by atomic mass is 32.1. The second kappa shape index (κ2) is 6.52. The van der Waals surface area contributed by atoms with Crippen molar-refractivity contribution in [2.24, 2.45) is 0 Å². The van der Waals surface area contributed by atoms with E-state index in [9.17, 15) is 9.59 Å². The second-order valence-corrected chi connectivity index (χ2v) is 6.55. The van der Waals surface area contributed by atoms with Gasteiger partial charge >= 0.3 is 5.97 Å². The van der Waals surface area contributed by atoms with Crippen LogP contribution in [0.25, 0.3) is 10.2 Å². The third-order valence-electron chi connectivity index (χ3n) is 3.44. The molecule has 0 saturated heterocycles. The number of aryl methyl sites for hydroxylation is 3. The average Bonchev–Trinajstić information content (AvgIpc) is 3.08. The van der Waals surface area contributed by atoms with Crippen LogP contribution in [-0.2, 0) is 9.53 Å². The smallest absolute Gasteiger partial charge is 0.351 e. The van der Waals surface area contributed by atoms with E-state index < -0.39 is 18.5 Å². The monoisotopic (exact) mass is 360 g/mol. The highest BCUT2D eigenvalue weighted by Crippen LogP contribution is 2.35. The van der Waals surface area contributed by atoms with Crippen LogP contribution in [-0.4, -0.2) is 28.6 Å². The van der Waals surface area contributed by atoms with E-state index in [1.807, 2.05) is 19.9 Å². The molecule has 0 aliphatic heterocycles. The van der Waals surface area contributed by atoms with Crippen LogP contribution >= 0.6 is 11.3 Å². The van der Waals surface area contributed by atoms with Gasteiger partial charge in [-0.3, -0.25) is 4.79 Å². The standard InChI is InChI=1S/C16H16N4O4S/c1-7-4-8(2)18-15-12(7)13(17)14(25-15)16(22)23-6-11(21)19-10-5-9(3)24-20-10/h4-5H,6,17H2,1-3H3,(H,19,20,21). The minimum Gasteiger partial charge on any atom is -0.451 e. The molecule has 3 heterocycles. The largest absolute Gasteiger partial charge is 0.451 e. The molecule has 0 atom stereocenters. The van der Waals surface area contributed by atoms with Gasteiger partial charge in [-0.05, 0) is 32.4 Å². The number of carbonyl (C=O) groups excluding carboxylic acids is 2. The van der Waals surface area contributed by atoms with Gasteiger partial charge in [0.1, 0.15) is 15.5 Å². The normalized spacial score (nSPS) is 10.8. The second-order valence-electron chi connectivity index (χ2n) is 5.55. The van der Waals surface area contributed by atoms with Crippen molar-refractivity contribution >= 4 is 44.9 Å². The number of esters is 1. The summed E-state index contributed by atoms with van der Waals surface area (Å²) in [6.45, 7) is 5.02. The molecule has 8 nitrogen and oxygen atoms in total. The van der Waals surface area contributed by atoms with E-state index >= 15 is 0 Å². The number of anilines is 2. The quantitative estimate of drug-likeness (QED) is 0.686. The molecule has 0 radical (unpaired) electrons. The predicted molar refractivity (Wildman–Crippen MR) is 93.7 cm³/mol. The lowest BCUT2D eigenvalue weighted by Crippen LogP contribution is -2.21. The molecule has 0 unspecified atom stereocenters. The zero-order valence-corrected chi connectivity index (χ0v) is 14.7. The third kappa shape index (κ3) is 3.45. The summed E-state index contributed by atoms with van der Waals surface area (Å²) in [7, 11) is 0. The highest BCUT2D eigenvalue weighted by Gasteiger charge is 2.21. The Kier molecular flexibility index (Phi) is 4.41. The summed E-state index contributed by atoms with van der Waals surface area (Å²) in [4.78, 5) is 29.4. The van der Waals surface area contributed by atoms with Crippen molar-refractivity contribution in [3.63, 3.8) is 0 Å². The molecule has 25 heavy (non-hydrogen) atoms. The fraction of sp³-hybridized carbons (Fsp3) is 0.250. The van der Waals surface area contributed by atoms with Crippen molar-refractivity contribution < 1.29 is 18.8 Å². The summed E-state index contributed by atoms with van der Waals surface area (Å²) in [5, 5.41) is 6.84. The lowest BCUT2D eigenvalue weighted by molar-refractivity contribution is -0.119. The number of hydrogen-bond donors (Lipinski definition) is 2. The molecule has 0 saturated carbocycles. The Morgan fingerprint density at radius 2 is 2.08 bits per heavy atom. The summed E-state index contributed by atoms with van der Waals surface area (Å²) in [5.74, 6) is -0.366. The first-order chi connectivity index (χ1) is 11.8. The molecular formula is C16H16N4O4S. The molecule has 3 rings (SSSR count). The van der Waals surface area contributed by atoms with Crippen molar-refractivity contribution in [3.05, 3.63) is 34.0 Å². The number of amides is 1. The molecule has 0 aromatic carbocycles. The first-order valence-electron chi connectivity index (χ1n) is 7.41. The Balaban J connectivity index is 1.71. The number of pyridine rings is 1. The molecule has 3 N–H and O–H groups in total. The van der Waals surface area contributed by atoms with Gasteiger partial charge in [0, 0.05) is 17.1 Å². The maximum absolute atomic E-state index is 12.3. The number of ether oxygens (including phenoxy) is 1. The third-order valence-corrected chi connectivity index (χ3v) is 4.52. The van der Waals surface area contributed by atoms with E-state index in [1.165, 1.54) is 0 Å². The number of nitrogens with one attached hydrogen (secondary N) is 1. The van der Waals surface area contributed by atoms with Crippen LogP contribution in [0.4, 0.5) is 11.5 Å². The van der Waals surface area contributed by atoms with Gasteiger partial charge in [0.25, 0.3) is 5.91 Å². The minimum absolute atomic E-state index is 0.237. The Labute approximate surface area is 147 Å². The zero-order chi connectivity index (χ0) is 18.1. The van der Waals surface area contributed by atoms with Gasteiger partial charge < -0.3 is 20.3 Å². The zero-order valence-electron chi connectivity index (χ0n) is 13.9. The van der Waals surface area contributed by atoms with Crippen LogP contribution in [0.15, 0.2) is 16.7 Å². The number of carbonyl (C=O) groups is 2. The van der Waals surface area contributed by atoms with Crippen molar-refractivity contribution in [3.8, 4) is 0 Å². The molecule has 0 aliphatic rings. The number of rotatable bonds is 4. The molecule has 130 valence electrons. The predicted octanol–water partition coefficient (Wildman–Crippen LogP) is 2.59. The van der Waals surface area contributed by atoms with E-state index in [0.717, 1.165) is 28.0 Å². The molecule has 3 aromatic rings. The number of fused-ring (bicyclic) bond motifs is 1. The van der Waals surface area contributed by atoms with Crippen molar-refractivity contribution in [1.82, 2.24) is 10.1 Å². The van der Waals surface area contributed by atoms with Gasteiger partial charge in [0.15, 0.2) is 12.4 Å². The number of nitrogens with two attached hydrogens (primary N) is 1. The number of hydrogen-bond acceptors (Lipinski definition) is 8. The Bertz CT molecular complexity index is 976. The first kappa shape index (κ1) is 16.9. The summed E-state index contributed by atoms with van der Waals surface area (Å²) < 4.78 is 9.88. The Morgan fingerprint density at radius 1 is 1.32 bits per heavy atom. The molecule has 0 fully saturated rings. The molecule has 1 amide bonds. The maximum atomic E-state index is 12.3. The Hall–Kier alpha value is -2.94. The molecule has 3 aromatic heterocycles. The SMILES string of the molecule is Cc1cc(C)c2c(N)c(C(=O)OCC(=O)Nc3cc(C)on3)sc2n1. The van der Waals surface area contributed by atoms with Crippen molar-refractivity contribution in [2.75, 3.05) is 17.7 Å².